The summed E-state index contributed by atoms with van der Waals surface area (Å²) in [6.07, 6.45) is -3.22. The molecule has 0 amide bonds. The lowest BCUT2D eigenvalue weighted by atomic mass is 9.50. The van der Waals surface area contributed by atoms with Crippen molar-refractivity contribution < 1.29 is 34.3 Å². The zero-order valence-electron chi connectivity index (χ0n) is 12.6. The summed E-state index contributed by atoms with van der Waals surface area (Å²) < 4.78 is 16.5. The van der Waals surface area contributed by atoms with Crippen LogP contribution in [-0.2, 0) is 19.0 Å². The molecule has 0 unspecified atom stereocenters. The molecule has 3 aliphatic heterocycles. The van der Waals surface area contributed by atoms with Crippen molar-refractivity contribution in [3.8, 4) is 0 Å². The molecule has 0 aromatic rings. The van der Waals surface area contributed by atoms with E-state index in [9.17, 15) is 20.1 Å². The standard InChI is InChI=1S/C15H20O7/c1-5(2)14(18)6-11(17)22-8(14)7(16)12(3)13(4-20-13)9-10(21-9)15(6,12)19/h5-10,16,18-19H,4H2,1-3H3/t6-,7-,8-,9-,10+,12+,13-,14-,15+/m1/s1. The van der Waals surface area contributed by atoms with E-state index in [1.165, 1.54) is 0 Å². The van der Waals surface area contributed by atoms with Crippen LogP contribution in [0.3, 0.4) is 0 Å². The SMILES string of the molecule is CC(C)[C@]1(O)[C@@H]2OC(=O)[C@H]1[C@]1(O)[C@H]3O[C@H]3[C@]3(CO3)[C@]1(C)[C@@H]2O. The monoisotopic (exact) mass is 312 g/mol. The number of epoxide rings is 2. The first-order valence-corrected chi connectivity index (χ1v) is 7.80. The number of ether oxygens (including phenoxy) is 3. The number of rotatable bonds is 1. The highest BCUT2D eigenvalue weighted by Gasteiger charge is 2.96. The Morgan fingerprint density at radius 2 is 1.86 bits per heavy atom. The molecule has 0 radical (unpaired) electrons. The maximum absolute atomic E-state index is 12.5. The predicted molar refractivity (Wildman–Crippen MR) is 69.6 cm³/mol. The third kappa shape index (κ3) is 0.950. The van der Waals surface area contributed by atoms with Crippen molar-refractivity contribution in [2.24, 2.45) is 17.3 Å². The number of aliphatic hydroxyl groups excluding tert-OH is 1. The number of carbonyl (C=O) groups is 1. The molecule has 9 atom stereocenters. The first-order valence-electron chi connectivity index (χ1n) is 7.80. The van der Waals surface area contributed by atoms with Gasteiger partial charge in [-0.2, -0.15) is 0 Å². The number of fused-ring (bicyclic) bond motifs is 8. The first-order chi connectivity index (χ1) is 10.2. The van der Waals surface area contributed by atoms with E-state index >= 15 is 0 Å². The maximum atomic E-state index is 12.5. The van der Waals surface area contributed by atoms with Crippen LogP contribution >= 0.6 is 0 Å². The molecule has 1 spiro atoms. The van der Waals surface area contributed by atoms with E-state index in [-0.39, 0.29) is 12.0 Å². The molecule has 122 valence electrons. The van der Waals surface area contributed by atoms with Crippen molar-refractivity contribution >= 4 is 5.97 Å². The number of esters is 1. The highest BCUT2D eigenvalue weighted by atomic mass is 16.7. The van der Waals surface area contributed by atoms with Gasteiger partial charge in [0.1, 0.15) is 41.0 Å². The second-order valence-corrected chi connectivity index (χ2v) is 7.96. The summed E-state index contributed by atoms with van der Waals surface area (Å²) in [4.78, 5) is 12.5. The summed E-state index contributed by atoms with van der Waals surface area (Å²) in [5.74, 6) is -2.18. The highest BCUT2D eigenvalue weighted by molar-refractivity contribution is 5.81. The molecule has 22 heavy (non-hydrogen) atoms. The van der Waals surface area contributed by atoms with Crippen LogP contribution in [0.4, 0.5) is 0 Å². The Balaban J connectivity index is 1.78. The zero-order valence-corrected chi connectivity index (χ0v) is 12.6. The second kappa shape index (κ2) is 3.23. The second-order valence-electron chi connectivity index (χ2n) is 7.96. The van der Waals surface area contributed by atoms with E-state index in [4.69, 9.17) is 14.2 Å². The van der Waals surface area contributed by atoms with Crippen LogP contribution in [0, 0.1) is 17.3 Å². The Hall–Kier alpha value is -0.730. The molecule has 3 heterocycles. The Morgan fingerprint density at radius 1 is 1.23 bits per heavy atom. The Kier molecular flexibility index (Phi) is 2.01. The molecule has 3 N–H and O–H groups in total. The maximum Gasteiger partial charge on any atom is 0.315 e. The van der Waals surface area contributed by atoms with Gasteiger partial charge < -0.3 is 29.5 Å². The molecule has 7 nitrogen and oxygen atoms in total. The Labute approximate surface area is 127 Å². The van der Waals surface area contributed by atoms with E-state index in [2.05, 4.69) is 0 Å². The summed E-state index contributed by atoms with van der Waals surface area (Å²) in [5, 5.41) is 33.7. The molecule has 2 bridgehead atoms. The summed E-state index contributed by atoms with van der Waals surface area (Å²) in [6.45, 7) is 5.61. The van der Waals surface area contributed by atoms with Gasteiger partial charge in [-0.3, -0.25) is 4.79 Å². The lowest BCUT2D eigenvalue weighted by Gasteiger charge is -2.57. The van der Waals surface area contributed by atoms with Gasteiger partial charge in [0.15, 0.2) is 6.10 Å². The minimum Gasteiger partial charge on any atom is -0.456 e. The summed E-state index contributed by atoms with van der Waals surface area (Å²) >= 11 is 0. The molecule has 5 fully saturated rings. The van der Waals surface area contributed by atoms with Crippen molar-refractivity contribution in [1.29, 1.82) is 0 Å². The summed E-state index contributed by atoms with van der Waals surface area (Å²) in [7, 11) is 0. The average molecular weight is 312 g/mol. The van der Waals surface area contributed by atoms with Crippen molar-refractivity contribution in [1.82, 2.24) is 0 Å². The lowest BCUT2D eigenvalue weighted by Crippen LogP contribution is -2.76. The van der Waals surface area contributed by atoms with E-state index in [1.807, 2.05) is 0 Å². The molecule has 0 aromatic heterocycles. The normalized spacial score (nSPS) is 67.2. The van der Waals surface area contributed by atoms with Gasteiger partial charge in [0.05, 0.1) is 12.0 Å². The van der Waals surface area contributed by atoms with Crippen LogP contribution in [0.1, 0.15) is 20.8 Å². The van der Waals surface area contributed by atoms with Gasteiger partial charge in [0, 0.05) is 0 Å². The third-order valence-corrected chi connectivity index (χ3v) is 7.19. The van der Waals surface area contributed by atoms with Gasteiger partial charge in [-0.1, -0.05) is 20.8 Å². The van der Waals surface area contributed by atoms with Crippen LogP contribution in [0.5, 0.6) is 0 Å². The number of carbonyl (C=O) groups excluding carboxylic acids is 1. The van der Waals surface area contributed by atoms with Crippen molar-refractivity contribution in [2.75, 3.05) is 6.61 Å². The van der Waals surface area contributed by atoms with Crippen LogP contribution in [-0.4, -0.2) is 69.1 Å². The highest BCUT2D eigenvalue weighted by Crippen LogP contribution is 2.76. The van der Waals surface area contributed by atoms with Crippen LogP contribution in [0.25, 0.3) is 0 Å². The topological polar surface area (TPSA) is 112 Å². The van der Waals surface area contributed by atoms with Gasteiger partial charge >= 0.3 is 5.97 Å². The first kappa shape index (κ1) is 13.7. The molecule has 3 saturated heterocycles. The van der Waals surface area contributed by atoms with Gasteiger partial charge in [0.2, 0.25) is 0 Å². The molecule has 5 aliphatic rings. The molecule has 5 rings (SSSR count). The molecule has 0 aromatic carbocycles. The van der Waals surface area contributed by atoms with Gasteiger partial charge in [-0.15, -0.1) is 0 Å². The van der Waals surface area contributed by atoms with Gasteiger partial charge in [-0.25, -0.2) is 0 Å². The minimum atomic E-state index is -1.70. The van der Waals surface area contributed by atoms with Crippen LogP contribution in [0.15, 0.2) is 0 Å². The molecule has 2 saturated carbocycles. The van der Waals surface area contributed by atoms with Crippen molar-refractivity contribution in [3.05, 3.63) is 0 Å². The van der Waals surface area contributed by atoms with Crippen molar-refractivity contribution in [2.45, 2.75) is 62.0 Å². The smallest absolute Gasteiger partial charge is 0.315 e. The molecule has 2 aliphatic carbocycles. The Morgan fingerprint density at radius 3 is 2.41 bits per heavy atom. The fourth-order valence-corrected chi connectivity index (χ4v) is 5.68. The van der Waals surface area contributed by atoms with Crippen LogP contribution in [0.2, 0.25) is 0 Å². The Bertz CT molecular complexity index is 601. The summed E-state index contributed by atoms with van der Waals surface area (Å²) in [5.41, 5.74) is -5.21. The van der Waals surface area contributed by atoms with Gasteiger partial charge in [0.25, 0.3) is 0 Å². The largest absolute Gasteiger partial charge is 0.456 e. The quantitative estimate of drug-likeness (QED) is 0.402. The van der Waals surface area contributed by atoms with E-state index in [0.29, 0.717) is 6.61 Å². The minimum absolute atomic E-state index is 0.333. The lowest BCUT2D eigenvalue weighted by molar-refractivity contribution is -0.285. The molecule has 7 heteroatoms. The third-order valence-electron chi connectivity index (χ3n) is 7.19. The number of aliphatic hydroxyl groups is 3. The fourth-order valence-electron chi connectivity index (χ4n) is 5.68. The fraction of sp³-hybridized carbons (Fsp3) is 0.933. The van der Waals surface area contributed by atoms with Gasteiger partial charge in [-0.05, 0) is 5.92 Å². The number of hydrogen-bond acceptors (Lipinski definition) is 7. The molecular formula is C15H20O7. The predicted octanol–water partition coefficient (Wildman–Crippen LogP) is -1.42. The van der Waals surface area contributed by atoms with E-state index < -0.39 is 52.4 Å². The average Bonchev–Trinajstić information content (AvgIpc) is 3.30. The van der Waals surface area contributed by atoms with Crippen LogP contribution < -0.4 is 0 Å². The summed E-state index contributed by atoms with van der Waals surface area (Å²) in [6, 6.07) is 0. The zero-order chi connectivity index (χ0) is 15.9. The van der Waals surface area contributed by atoms with Crippen molar-refractivity contribution in [3.63, 3.8) is 0 Å². The number of hydrogen-bond donors (Lipinski definition) is 3. The molecular weight excluding hydrogens is 292 g/mol. The van der Waals surface area contributed by atoms with E-state index in [0.717, 1.165) is 0 Å². The van der Waals surface area contributed by atoms with E-state index in [1.54, 1.807) is 20.8 Å².